The van der Waals surface area contributed by atoms with Crippen molar-refractivity contribution in [2.75, 3.05) is 17.7 Å². The fourth-order valence-corrected chi connectivity index (χ4v) is 2.86. The molecule has 0 aliphatic heterocycles. The molecule has 0 amide bonds. The Kier molecular flexibility index (Phi) is 3.30. The molecule has 2 N–H and O–H groups in total. The number of anilines is 1. The third-order valence-corrected chi connectivity index (χ3v) is 5.04. The van der Waals surface area contributed by atoms with Gasteiger partial charge in [0.1, 0.15) is 0 Å². The van der Waals surface area contributed by atoms with Crippen molar-refractivity contribution in [3.63, 3.8) is 0 Å². The van der Waals surface area contributed by atoms with Crippen molar-refractivity contribution in [3.8, 4) is 0 Å². The van der Waals surface area contributed by atoms with Crippen molar-refractivity contribution in [3.05, 3.63) is 18.2 Å². The van der Waals surface area contributed by atoms with Crippen LogP contribution in [0.1, 0.15) is 6.92 Å². The lowest BCUT2D eigenvalue weighted by atomic mass is 10.3. The van der Waals surface area contributed by atoms with Crippen LogP contribution in [0.4, 0.5) is 5.69 Å². The first-order valence-electron chi connectivity index (χ1n) is 4.51. The molecular formula is C9H13NO4S2. The predicted octanol–water partition coefficient (Wildman–Crippen LogP) is 0.466. The van der Waals surface area contributed by atoms with Crippen molar-refractivity contribution in [1.82, 2.24) is 0 Å². The van der Waals surface area contributed by atoms with E-state index in [-0.39, 0.29) is 21.2 Å². The molecule has 0 fully saturated rings. The second-order valence-corrected chi connectivity index (χ2v) is 7.64. The van der Waals surface area contributed by atoms with Crippen molar-refractivity contribution >= 4 is 25.4 Å². The van der Waals surface area contributed by atoms with Crippen LogP contribution in [0.25, 0.3) is 0 Å². The molecule has 1 aromatic rings. The highest BCUT2D eigenvalue weighted by molar-refractivity contribution is 7.91. The number of benzene rings is 1. The van der Waals surface area contributed by atoms with Crippen LogP contribution >= 0.6 is 0 Å². The van der Waals surface area contributed by atoms with Gasteiger partial charge in [0.2, 0.25) is 0 Å². The summed E-state index contributed by atoms with van der Waals surface area (Å²) in [5, 5.41) is 0. The van der Waals surface area contributed by atoms with Gasteiger partial charge in [-0.15, -0.1) is 0 Å². The minimum Gasteiger partial charge on any atom is -0.398 e. The fourth-order valence-electron chi connectivity index (χ4n) is 1.20. The van der Waals surface area contributed by atoms with Crippen LogP contribution in [-0.2, 0) is 19.7 Å². The average Bonchev–Trinajstić information content (AvgIpc) is 2.16. The van der Waals surface area contributed by atoms with Crippen molar-refractivity contribution in [2.24, 2.45) is 0 Å². The summed E-state index contributed by atoms with van der Waals surface area (Å²) >= 11 is 0. The van der Waals surface area contributed by atoms with Gasteiger partial charge in [-0.2, -0.15) is 0 Å². The van der Waals surface area contributed by atoms with Crippen LogP contribution in [0.15, 0.2) is 28.0 Å². The Bertz CT molecular complexity index is 602. The van der Waals surface area contributed by atoms with E-state index < -0.39 is 19.7 Å². The Balaban J connectivity index is 3.43. The molecular weight excluding hydrogens is 250 g/mol. The van der Waals surface area contributed by atoms with Crippen LogP contribution in [0, 0.1) is 0 Å². The number of sulfone groups is 2. The van der Waals surface area contributed by atoms with Crippen LogP contribution < -0.4 is 5.73 Å². The van der Waals surface area contributed by atoms with Gasteiger partial charge >= 0.3 is 0 Å². The molecule has 1 aromatic carbocycles. The number of nitrogens with two attached hydrogens (primary N) is 1. The summed E-state index contributed by atoms with van der Waals surface area (Å²) in [6, 6.07) is 3.64. The quantitative estimate of drug-likeness (QED) is 0.800. The molecule has 0 bridgehead atoms. The summed E-state index contributed by atoms with van der Waals surface area (Å²) in [7, 11) is -6.78. The van der Waals surface area contributed by atoms with Gasteiger partial charge in [-0.25, -0.2) is 16.8 Å². The van der Waals surface area contributed by atoms with E-state index in [1.54, 1.807) is 0 Å². The Labute approximate surface area is 95.1 Å². The first kappa shape index (κ1) is 13.0. The fraction of sp³-hybridized carbons (Fsp3) is 0.333. The first-order valence-corrected chi connectivity index (χ1v) is 8.05. The normalized spacial score (nSPS) is 12.6. The minimum atomic E-state index is -3.41. The van der Waals surface area contributed by atoms with Gasteiger partial charge in [0.25, 0.3) is 0 Å². The summed E-state index contributed by atoms with van der Waals surface area (Å²) in [4.78, 5) is -0.0116. The van der Waals surface area contributed by atoms with Crippen LogP contribution in [0.5, 0.6) is 0 Å². The zero-order valence-electron chi connectivity index (χ0n) is 8.97. The zero-order chi connectivity index (χ0) is 12.6. The van der Waals surface area contributed by atoms with Gasteiger partial charge in [0.15, 0.2) is 19.7 Å². The number of hydrogen-bond acceptors (Lipinski definition) is 5. The van der Waals surface area contributed by atoms with E-state index in [2.05, 4.69) is 0 Å². The van der Waals surface area contributed by atoms with Crippen LogP contribution in [0.2, 0.25) is 0 Å². The Morgan fingerprint density at radius 2 is 1.75 bits per heavy atom. The highest BCUT2D eigenvalue weighted by Gasteiger charge is 2.17. The average molecular weight is 263 g/mol. The molecule has 0 saturated carbocycles. The Morgan fingerprint density at radius 1 is 1.19 bits per heavy atom. The molecule has 0 aliphatic carbocycles. The van der Waals surface area contributed by atoms with E-state index >= 15 is 0 Å². The second-order valence-electron chi connectivity index (χ2n) is 3.38. The Hall–Kier alpha value is -1.08. The van der Waals surface area contributed by atoms with E-state index in [9.17, 15) is 16.8 Å². The number of rotatable bonds is 3. The second kappa shape index (κ2) is 4.06. The highest BCUT2D eigenvalue weighted by atomic mass is 32.2. The molecule has 0 radical (unpaired) electrons. The van der Waals surface area contributed by atoms with E-state index in [0.717, 1.165) is 12.3 Å². The summed E-state index contributed by atoms with van der Waals surface area (Å²) in [6.45, 7) is 1.50. The topological polar surface area (TPSA) is 94.3 Å². The van der Waals surface area contributed by atoms with E-state index in [4.69, 9.17) is 5.73 Å². The van der Waals surface area contributed by atoms with Crippen LogP contribution in [-0.4, -0.2) is 28.8 Å². The molecule has 5 nitrogen and oxygen atoms in total. The molecule has 90 valence electrons. The lowest BCUT2D eigenvalue weighted by Gasteiger charge is -2.06. The van der Waals surface area contributed by atoms with Gasteiger partial charge in [-0.1, -0.05) is 6.92 Å². The minimum absolute atomic E-state index is 0.0139. The molecule has 0 spiro atoms. The lowest BCUT2D eigenvalue weighted by Crippen LogP contribution is -2.08. The lowest BCUT2D eigenvalue weighted by molar-refractivity contribution is 0.595. The third-order valence-electron chi connectivity index (χ3n) is 2.12. The molecule has 0 saturated heterocycles. The van der Waals surface area contributed by atoms with Gasteiger partial charge in [-0.3, -0.25) is 0 Å². The molecule has 7 heteroatoms. The summed E-state index contributed by atoms with van der Waals surface area (Å²) in [6.07, 6.45) is 1.04. The molecule has 0 unspecified atom stereocenters. The first-order chi connectivity index (χ1) is 7.18. The smallest absolute Gasteiger partial charge is 0.180 e. The van der Waals surface area contributed by atoms with Gasteiger partial charge in [-0.05, 0) is 18.2 Å². The number of hydrogen-bond donors (Lipinski definition) is 1. The maximum Gasteiger partial charge on any atom is 0.180 e. The summed E-state index contributed by atoms with van der Waals surface area (Å²) in [5.41, 5.74) is 5.50. The van der Waals surface area contributed by atoms with Crippen molar-refractivity contribution in [2.45, 2.75) is 16.7 Å². The maximum atomic E-state index is 11.6. The predicted molar refractivity (Wildman–Crippen MR) is 61.7 cm³/mol. The zero-order valence-corrected chi connectivity index (χ0v) is 10.6. The van der Waals surface area contributed by atoms with Crippen LogP contribution in [0.3, 0.4) is 0 Å². The third kappa shape index (κ3) is 2.53. The van der Waals surface area contributed by atoms with Gasteiger partial charge < -0.3 is 5.73 Å². The highest BCUT2D eigenvalue weighted by Crippen LogP contribution is 2.23. The SMILES string of the molecule is CCS(=O)(=O)c1ccc(S(C)(=O)=O)cc1N. The van der Waals surface area contributed by atoms with Gasteiger partial charge in [0, 0.05) is 6.26 Å². The molecule has 0 atom stereocenters. The molecule has 1 rings (SSSR count). The molecule has 16 heavy (non-hydrogen) atoms. The summed E-state index contributed by atoms with van der Waals surface area (Å²) in [5.74, 6) is -0.0740. The molecule has 0 aromatic heterocycles. The Morgan fingerprint density at radius 3 is 2.12 bits per heavy atom. The van der Waals surface area contributed by atoms with E-state index in [0.29, 0.717) is 0 Å². The van der Waals surface area contributed by atoms with Gasteiger partial charge in [0.05, 0.1) is 21.2 Å². The standard InChI is InChI=1S/C9H13NO4S2/c1-3-16(13,14)9-5-4-7(6-8(9)10)15(2,11)12/h4-6H,3,10H2,1-2H3. The van der Waals surface area contributed by atoms with Crippen molar-refractivity contribution < 1.29 is 16.8 Å². The van der Waals surface area contributed by atoms with E-state index in [1.165, 1.54) is 19.1 Å². The maximum absolute atomic E-state index is 11.6. The number of nitrogen functional groups attached to an aromatic ring is 1. The molecule has 0 heterocycles. The molecule has 0 aliphatic rings. The summed E-state index contributed by atoms with van der Waals surface area (Å²) < 4.78 is 45.5. The largest absolute Gasteiger partial charge is 0.398 e. The van der Waals surface area contributed by atoms with E-state index in [1.807, 2.05) is 0 Å². The monoisotopic (exact) mass is 263 g/mol. The van der Waals surface area contributed by atoms with Crippen molar-refractivity contribution in [1.29, 1.82) is 0 Å².